The summed E-state index contributed by atoms with van der Waals surface area (Å²) >= 11 is 0. The van der Waals surface area contributed by atoms with E-state index in [1.54, 1.807) is 35.7 Å². The predicted molar refractivity (Wildman–Crippen MR) is 113 cm³/mol. The highest BCUT2D eigenvalue weighted by Gasteiger charge is 2.49. The Bertz CT molecular complexity index is 779. The van der Waals surface area contributed by atoms with Gasteiger partial charge in [0, 0.05) is 12.1 Å². The third-order valence-electron chi connectivity index (χ3n) is 5.34. The summed E-state index contributed by atoms with van der Waals surface area (Å²) in [7, 11) is -2.04. The van der Waals surface area contributed by atoms with Gasteiger partial charge >= 0.3 is 0 Å². The normalized spacial score (nSPS) is 22.8. The number of nitrogens with one attached hydrogen (secondary N) is 1. The van der Waals surface area contributed by atoms with Crippen molar-refractivity contribution in [2.75, 3.05) is 26.0 Å². The lowest BCUT2D eigenvalue weighted by molar-refractivity contribution is -0.0433. The number of carbonyl (C=O) groups excluding carboxylic acids is 1. The second-order valence-electron chi connectivity index (χ2n) is 8.08. The lowest BCUT2D eigenvalue weighted by atomic mass is 10.0. The van der Waals surface area contributed by atoms with Gasteiger partial charge in [-0.15, -0.1) is 0 Å². The van der Waals surface area contributed by atoms with Crippen molar-refractivity contribution in [2.24, 2.45) is 5.92 Å². The minimum Gasteiger partial charge on any atom is -0.497 e. The molecule has 164 valence electrons. The van der Waals surface area contributed by atoms with Gasteiger partial charge in [-0.2, -0.15) is 4.31 Å². The van der Waals surface area contributed by atoms with E-state index in [0.717, 1.165) is 6.42 Å². The van der Waals surface area contributed by atoms with Crippen molar-refractivity contribution >= 4 is 15.9 Å². The summed E-state index contributed by atoms with van der Waals surface area (Å²) in [6, 6.07) is 6.51. The first-order valence-corrected chi connectivity index (χ1v) is 11.8. The summed E-state index contributed by atoms with van der Waals surface area (Å²) in [4.78, 5) is 12.3. The molecule has 29 heavy (non-hydrogen) atoms. The number of carbonyl (C=O) groups is 1. The molecule has 2 atom stereocenters. The van der Waals surface area contributed by atoms with E-state index in [-0.39, 0.29) is 24.2 Å². The number of ether oxygens (including phenoxy) is 2. The quantitative estimate of drug-likeness (QED) is 0.622. The van der Waals surface area contributed by atoms with Crippen LogP contribution in [0, 0.1) is 5.92 Å². The third kappa shape index (κ3) is 5.93. The van der Waals surface area contributed by atoms with Gasteiger partial charge in [0.25, 0.3) is 5.91 Å². The molecule has 0 radical (unpaired) electrons. The summed E-state index contributed by atoms with van der Waals surface area (Å²) in [5.41, 5.74) is -0.370. The average Bonchev–Trinajstić information content (AvgIpc) is 3.04. The van der Waals surface area contributed by atoms with E-state index in [4.69, 9.17) is 9.47 Å². The highest BCUT2D eigenvalue weighted by Crippen LogP contribution is 2.36. The van der Waals surface area contributed by atoms with Crippen molar-refractivity contribution in [3.8, 4) is 5.75 Å². The summed E-state index contributed by atoms with van der Waals surface area (Å²) in [5, 5.41) is 2.70. The molecule has 8 heteroatoms. The molecule has 1 fully saturated rings. The van der Waals surface area contributed by atoms with Crippen molar-refractivity contribution in [1.29, 1.82) is 0 Å². The maximum Gasteiger partial charge on any atom is 0.251 e. The monoisotopic (exact) mass is 426 g/mol. The van der Waals surface area contributed by atoms with Gasteiger partial charge in [-0.1, -0.05) is 20.8 Å². The van der Waals surface area contributed by atoms with Crippen molar-refractivity contribution < 1.29 is 22.7 Å². The standard InChI is InChI=1S/C21H34N2O5S/c1-6-18-15-28-21(4,12-11-16(2)3)23(18)29(25,26)14-13-22-20(24)17-7-9-19(27-5)10-8-17/h7-10,16,18H,6,11-15H2,1-5H3,(H,22,24)/t18-,21-/m0/s1. The highest BCUT2D eigenvalue weighted by molar-refractivity contribution is 7.89. The summed E-state index contributed by atoms with van der Waals surface area (Å²) in [5.74, 6) is 0.649. The number of rotatable bonds is 10. The molecule has 0 unspecified atom stereocenters. The first kappa shape index (κ1) is 23.6. The number of methoxy groups -OCH3 is 1. The summed E-state index contributed by atoms with van der Waals surface area (Å²) in [6.07, 6.45) is 2.22. The van der Waals surface area contributed by atoms with Gasteiger partial charge in [-0.3, -0.25) is 4.79 Å². The maximum absolute atomic E-state index is 13.1. The van der Waals surface area contributed by atoms with Crippen LogP contribution in [0.1, 0.15) is 57.3 Å². The molecule has 0 spiro atoms. The molecular weight excluding hydrogens is 392 g/mol. The number of amides is 1. The summed E-state index contributed by atoms with van der Waals surface area (Å²) in [6.45, 7) is 8.50. The minimum atomic E-state index is -3.59. The van der Waals surface area contributed by atoms with Crippen molar-refractivity contribution in [2.45, 2.75) is 58.7 Å². The first-order valence-electron chi connectivity index (χ1n) is 10.2. The predicted octanol–water partition coefficient (Wildman–Crippen LogP) is 3.02. The van der Waals surface area contributed by atoms with Crippen LogP contribution in [0.2, 0.25) is 0 Å². The fourth-order valence-corrected chi connectivity index (χ4v) is 5.53. The number of hydrogen-bond donors (Lipinski definition) is 1. The fourth-order valence-electron chi connectivity index (χ4n) is 3.57. The Morgan fingerprint density at radius 1 is 1.34 bits per heavy atom. The Balaban J connectivity index is 2.02. The van der Waals surface area contributed by atoms with E-state index < -0.39 is 15.7 Å². The average molecular weight is 427 g/mol. The van der Waals surface area contributed by atoms with E-state index in [0.29, 0.717) is 36.7 Å². The molecule has 1 saturated heterocycles. The van der Waals surface area contributed by atoms with Gasteiger partial charge in [-0.05, 0) is 56.4 Å². The SMILES string of the molecule is CC[C@H]1CO[C@@](C)(CCC(C)C)N1S(=O)(=O)CCNC(=O)c1ccc(OC)cc1. The Hall–Kier alpha value is -1.64. The highest BCUT2D eigenvalue weighted by atomic mass is 32.2. The zero-order chi connectivity index (χ0) is 21.7. The molecule has 1 aliphatic heterocycles. The number of nitrogens with zero attached hydrogens (tertiary/aromatic N) is 1. The largest absolute Gasteiger partial charge is 0.497 e. The molecule has 0 aromatic heterocycles. The van der Waals surface area contributed by atoms with Crippen LogP contribution in [0.3, 0.4) is 0 Å². The molecular formula is C21H34N2O5S. The van der Waals surface area contributed by atoms with Crippen LogP contribution in [-0.2, 0) is 14.8 Å². The molecule has 1 N–H and O–H groups in total. The van der Waals surface area contributed by atoms with Crippen LogP contribution >= 0.6 is 0 Å². The lowest BCUT2D eigenvalue weighted by Gasteiger charge is -2.36. The van der Waals surface area contributed by atoms with Gasteiger partial charge in [0.15, 0.2) is 0 Å². The second-order valence-corrected chi connectivity index (χ2v) is 10.0. The molecule has 0 bridgehead atoms. The lowest BCUT2D eigenvalue weighted by Crippen LogP contribution is -2.51. The van der Waals surface area contributed by atoms with Gasteiger partial charge in [-0.25, -0.2) is 8.42 Å². The Kier molecular flexibility index (Phi) is 8.08. The number of sulfonamides is 1. The van der Waals surface area contributed by atoms with Gasteiger partial charge < -0.3 is 14.8 Å². The van der Waals surface area contributed by atoms with E-state index in [9.17, 15) is 13.2 Å². The second kappa shape index (κ2) is 9.91. The zero-order valence-electron chi connectivity index (χ0n) is 18.1. The molecule has 1 aromatic rings. The number of benzene rings is 1. The molecule has 0 aliphatic carbocycles. The Morgan fingerprint density at radius 3 is 2.55 bits per heavy atom. The van der Waals surface area contributed by atoms with Crippen LogP contribution in [0.5, 0.6) is 5.75 Å². The Labute approximate surface area is 174 Å². The topological polar surface area (TPSA) is 84.9 Å². The van der Waals surface area contributed by atoms with E-state index in [1.807, 2.05) is 13.8 Å². The van der Waals surface area contributed by atoms with Gasteiger partial charge in [0.05, 0.1) is 25.5 Å². The Morgan fingerprint density at radius 2 is 2.00 bits per heavy atom. The van der Waals surface area contributed by atoms with E-state index >= 15 is 0 Å². The molecule has 2 rings (SSSR count). The van der Waals surface area contributed by atoms with Gasteiger partial charge in [0.2, 0.25) is 10.0 Å². The van der Waals surface area contributed by atoms with Crippen LogP contribution in [-0.4, -0.2) is 56.4 Å². The van der Waals surface area contributed by atoms with Crippen LogP contribution in [0.25, 0.3) is 0 Å². The zero-order valence-corrected chi connectivity index (χ0v) is 18.9. The van der Waals surface area contributed by atoms with Crippen LogP contribution < -0.4 is 10.1 Å². The molecule has 1 amide bonds. The van der Waals surface area contributed by atoms with Crippen molar-refractivity contribution in [1.82, 2.24) is 9.62 Å². The third-order valence-corrected chi connectivity index (χ3v) is 7.34. The molecule has 0 saturated carbocycles. The summed E-state index contributed by atoms with van der Waals surface area (Å²) < 4.78 is 38.9. The van der Waals surface area contributed by atoms with Crippen molar-refractivity contribution in [3.05, 3.63) is 29.8 Å². The minimum absolute atomic E-state index is 0.0421. The van der Waals surface area contributed by atoms with Crippen LogP contribution in [0.4, 0.5) is 0 Å². The molecule has 7 nitrogen and oxygen atoms in total. The molecule has 1 heterocycles. The molecule has 1 aromatic carbocycles. The van der Waals surface area contributed by atoms with E-state index in [2.05, 4.69) is 19.2 Å². The van der Waals surface area contributed by atoms with E-state index in [1.165, 1.54) is 0 Å². The fraction of sp³-hybridized carbons (Fsp3) is 0.667. The maximum atomic E-state index is 13.1. The van der Waals surface area contributed by atoms with Crippen molar-refractivity contribution in [3.63, 3.8) is 0 Å². The first-order chi connectivity index (χ1) is 13.6. The molecule has 1 aliphatic rings. The number of hydrogen-bond acceptors (Lipinski definition) is 5. The van der Waals surface area contributed by atoms with Crippen LogP contribution in [0.15, 0.2) is 24.3 Å². The smallest absolute Gasteiger partial charge is 0.251 e. The van der Waals surface area contributed by atoms with Gasteiger partial charge in [0.1, 0.15) is 11.5 Å².